The smallest absolute Gasteiger partial charge is 0.113 e. The molecule has 0 fully saturated rings. The highest BCUT2D eigenvalue weighted by Gasteiger charge is 2.03. The Bertz CT molecular complexity index is 476. The molecule has 0 saturated carbocycles. The van der Waals surface area contributed by atoms with Crippen LogP contribution in [0.25, 0.3) is 11.3 Å². The van der Waals surface area contributed by atoms with Crippen LogP contribution in [0.4, 0.5) is 0 Å². The highest BCUT2D eigenvalue weighted by atomic mass is 16.5. The summed E-state index contributed by atoms with van der Waals surface area (Å²) in [4.78, 5) is 0. The van der Waals surface area contributed by atoms with Crippen LogP contribution in [0.1, 0.15) is 18.9 Å². The molecule has 0 radical (unpaired) electrons. The van der Waals surface area contributed by atoms with Gasteiger partial charge in [0.15, 0.2) is 0 Å². The fourth-order valence-electron chi connectivity index (χ4n) is 1.67. The molecule has 0 aliphatic carbocycles. The summed E-state index contributed by atoms with van der Waals surface area (Å²) in [5, 5.41) is 8.27. The molecule has 0 saturated heterocycles. The van der Waals surface area contributed by atoms with Crippen LogP contribution in [0, 0.1) is 6.92 Å². The lowest BCUT2D eigenvalue weighted by atomic mass is 10.1. The van der Waals surface area contributed by atoms with Crippen molar-refractivity contribution in [3.05, 3.63) is 36.0 Å². The van der Waals surface area contributed by atoms with Gasteiger partial charge in [0.2, 0.25) is 0 Å². The molecule has 0 amide bonds. The second kappa shape index (κ2) is 6.31. The lowest BCUT2D eigenvalue weighted by Gasteiger charge is -2.01. The zero-order valence-electron chi connectivity index (χ0n) is 11.0. The summed E-state index contributed by atoms with van der Waals surface area (Å²) >= 11 is 0. The molecule has 0 N–H and O–H groups in total. The molecule has 4 nitrogen and oxygen atoms in total. The molecule has 2 aromatic rings. The molecule has 0 bridgehead atoms. The zero-order chi connectivity index (χ0) is 12.8. The van der Waals surface area contributed by atoms with E-state index >= 15 is 0 Å². The number of hydrogen-bond donors (Lipinski definition) is 0. The van der Waals surface area contributed by atoms with E-state index in [0.717, 1.165) is 30.8 Å². The lowest BCUT2D eigenvalue weighted by Crippen LogP contribution is -2.06. The van der Waals surface area contributed by atoms with Gasteiger partial charge in [0.05, 0.1) is 19.3 Å². The fourth-order valence-corrected chi connectivity index (χ4v) is 1.67. The van der Waals surface area contributed by atoms with Crippen molar-refractivity contribution in [2.45, 2.75) is 26.8 Å². The Kier molecular flexibility index (Phi) is 4.47. The van der Waals surface area contributed by atoms with Gasteiger partial charge in [0, 0.05) is 12.2 Å². The average Bonchev–Trinajstić information content (AvgIpc) is 2.84. The summed E-state index contributed by atoms with van der Waals surface area (Å²) in [7, 11) is 0. The van der Waals surface area contributed by atoms with Crippen LogP contribution < -0.4 is 0 Å². The minimum Gasteiger partial charge on any atom is -0.380 e. The van der Waals surface area contributed by atoms with Gasteiger partial charge in [0.1, 0.15) is 5.69 Å². The standard InChI is InChI=1S/C14H19N3O/c1-3-9-18-10-8-17-11-14(15-16-17)13-6-4-12(2)5-7-13/h4-7,11H,3,8-10H2,1-2H3. The SMILES string of the molecule is CCCOCCn1cc(-c2ccc(C)cc2)nn1. The van der Waals surface area contributed by atoms with Crippen LogP contribution in [-0.2, 0) is 11.3 Å². The first-order chi connectivity index (χ1) is 8.79. The molecule has 18 heavy (non-hydrogen) atoms. The Balaban J connectivity index is 1.95. The summed E-state index contributed by atoms with van der Waals surface area (Å²) in [6, 6.07) is 8.30. The fraction of sp³-hybridized carbons (Fsp3) is 0.429. The van der Waals surface area contributed by atoms with E-state index in [-0.39, 0.29) is 0 Å². The third-order valence-electron chi connectivity index (χ3n) is 2.70. The molecule has 0 aliphatic rings. The Hall–Kier alpha value is -1.68. The van der Waals surface area contributed by atoms with E-state index in [1.165, 1.54) is 5.56 Å². The molecule has 0 unspecified atom stereocenters. The van der Waals surface area contributed by atoms with Crippen LogP contribution in [0.15, 0.2) is 30.5 Å². The number of ether oxygens (including phenoxy) is 1. The first-order valence-electron chi connectivity index (χ1n) is 6.34. The molecule has 1 heterocycles. The topological polar surface area (TPSA) is 39.9 Å². The quantitative estimate of drug-likeness (QED) is 0.735. The van der Waals surface area contributed by atoms with Crippen molar-refractivity contribution >= 4 is 0 Å². The summed E-state index contributed by atoms with van der Waals surface area (Å²) in [5.41, 5.74) is 3.26. The van der Waals surface area contributed by atoms with Gasteiger partial charge in [-0.3, -0.25) is 0 Å². The van der Waals surface area contributed by atoms with Crippen molar-refractivity contribution in [3.8, 4) is 11.3 Å². The van der Waals surface area contributed by atoms with Crippen molar-refractivity contribution in [3.63, 3.8) is 0 Å². The normalized spacial score (nSPS) is 10.8. The van der Waals surface area contributed by atoms with Crippen LogP contribution >= 0.6 is 0 Å². The molecule has 0 spiro atoms. The molecular weight excluding hydrogens is 226 g/mol. The van der Waals surface area contributed by atoms with Crippen molar-refractivity contribution in [2.75, 3.05) is 13.2 Å². The van der Waals surface area contributed by atoms with Gasteiger partial charge in [0.25, 0.3) is 0 Å². The highest BCUT2D eigenvalue weighted by molar-refractivity contribution is 5.57. The minimum atomic E-state index is 0.685. The number of aryl methyl sites for hydroxylation is 1. The summed E-state index contributed by atoms with van der Waals surface area (Å²) in [6.07, 6.45) is 3.01. The van der Waals surface area contributed by atoms with E-state index in [2.05, 4.69) is 48.4 Å². The van der Waals surface area contributed by atoms with Crippen molar-refractivity contribution in [1.82, 2.24) is 15.0 Å². The number of aromatic nitrogens is 3. The predicted molar refractivity (Wildman–Crippen MR) is 71.3 cm³/mol. The largest absolute Gasteiger partial charge is 0.380 e. The van der Waals surface area contributed by atoms with Crippen LogP contribution in [0.3, 0.4) is 0 Å². The van der Waals surface area contributed by atoms with Crippen LogP contribution in [-0.4, -0.2) is 28.2 Å². The van der Waals surface area contributed by atoms with E-state index in [1.807, 2.05) is 10.9 Å². The molecule has 96 valence electrons. The maximum absolute atomic E-state index is 5.43. The van der Waals surface area contributed by atoms with Crippen LogP contribution in [0.2, 0.25) is 0 Å². The summed E-state index contributed by atoms with van der Waals surface area (Å²) in [5.74, 6) is 0. The monoisotopic (exact) mass is 245 g/mol. The number of rotatable bonds is 6. The zero-order valence-corrected chi connectivity index (χ0v) is 11.0. The van der Waals surface area contributed by atoms with Gasteiger partial charge in [-0.25, -0.2) is 4.68 Å². The maximum Gasteiger partial charge on any atom is 0.113 e. The molecule has 0 atom stereocenters. The minimum absolute atomic E-state index is 0.685. The maximum atomic E-state index is 5.43. The van der Waals surface area contributed by atoms with E-state index < -0.39 is 0 Å². The average molecular weight is 245 g/mol. The van der Waals surface area contributed by atoms with E-state index in [9.17, 15) is 0 Å². The molecular formula is C14H19N3O. The molecule has 1 aromatic heterocycles. The van der Waals surface area contributed by atoms with Crippen molar-refractivity contribution in [1.29, 1.82) is 0 Å². The van der Waals surface area contributed by atoms with Crippen molar-refractivity contribution < 1.29 is 4.74 Å². The Morgan fingerprint density at radius 2 is 1.94 bits per heavy atom. The van der Waals surface area contributed by atoms with Gasteiger partial charge in [-0.05, 0) is 13.3 Å². The summed E-state index contributed by atoms with van der Waals surface area (Å²) < 4.78 is 7.25. The number of hydrogen-bond acceptors (Lipinski definition) is 3. The van der Waals surface area contributed by atoms with Gasteiger partial charge in [-0.1, -0.05) is 42.0 Å². The van der Waals surface area contributed by atoms with Gasteiger partial charge in [-0.2, -0.15) is 0 Å². The highest BCUT2D eigenvalue weighted by Crippen LogP contribution is 2.16. The molecule has 0 aliphatic heterocycles. The number of nitrogens with zero attached hydrogens (tertiary/aromatic N) is 3. The van der Waals surface area contributed by atoms with E-state index in [4.69, 9.17) is 4.74 Å². The molecule has 2 rings (SSSR count). The first kappa shape index (κ1) is 12.8. The van der Waals surface area contributed by atoms with Gasteiger partial charge < -0.3 is 4.74 Å². The van der Waals surface area contributed by atoms with Crippen molar-refractivity contribution in [2.24, 2.45) is 0 Å². The second-order valence-corrected chi connectivity index (χ2v) is 4.35. The van der Waals surface area contributed by atoms with E-state index in [0.29, 0.717) is 6.61 Å². The lowest BCUT2D eigenvalue weighted by molar-refractivity contribution is 0.124. The summed E-state index contributed by atoms with van der Waals surface area (Å²) in [6.45, 7) is 6.42. The second-order valence-electron chi connectivity index (χ2n) is 4.35. The Morgan fingerprint density at radius 3 is 2.67 bits per heavy atom. The number of benzene rings is 1. The predicted octanol–water partition coefficient (Wildman–Crippen LogP) is 2.68. The molecule has 1 aromatic carbocycles. The third kappa shape index (κ3) is 3.40. The Labute approximate surface area is 108 Å². The Morgan fingerprint density at radius 1 is 1.17 bits per heavy atom. The third-order valence-corrected chi connectivity index (χ3v) is 2.70. The molecule has 4 heteroatoms. The van der Waals surface area contributed by atoms with E-state index in [1.54, 1.807) is 0 Å². The van der Waals surface area contributed by atoms with Gasteiger partial charge >= 0.3 is 0 Å². The first-order valence-corrected chi connectivity index (χ1v) is 6.34. The van der Waals surface area contributed by atoms with Crippen LogP contribution in [0.5, 0.6) is 0 Å². The van der Waals surface area contributed by atoms with Gasteiger partial charge in [-0.15, -0.1) is 5.10 Å².